The Labute approximate surface area is 152 Å². The van der Waals surface area contributed by atoms with E-state index in [0.29, 0.717) is 18.2 Å². The van der Waals surface area contributed by atoms with Crippen molar-refractivity contribution in [3.05, 3.63) is 59.4 Å². The van der Waals surface area contributed by atoms with Gasteiger partial charge in [0.2, 0.25) is 0 Å². The first-order valence-corrected chi connectivity index (χ1v) is 8.11. The van der Waals surface area contributed by atoms with E-state index < -0.39 is 17.8 Å². The third-order valence-electron chi connectivity index (χ3n) is 4.12. The zero-order valence-electron chi connectivity index (χ0n) is 14.6. The molecule has 1 amide bonds. The Morgan fingerprint density at radius 1 is 1.33 bits per heavy atom. The average Bonchev–Trinajstić information content (AvgIpc) is 3.25. The summed E-state index contributed by atoms with van der Waals surface area (Å²) >= 11 is 0. The van der Waals surface area contributed by atoms with E-state index in [2.05, 4.69) is 20.6 Å². The van der Waals surface area contributed by atoms with Gasteiger partial charge >= 0.3 is 6.18 Å². The van der Waals surface area contributed by atoms with Crippen LogP contribution >= 0.6 is 0 Å². The second-order valence-electron chi connectivity index (χ2n) is 6.21. The van der Waals surface area contributed by atoms with Crippen molar-refractivity contribution >= 4 is 11.6 Å². The standard InChI is InChI=1S/C17H17F3N6O/c1-10(6-15-25-21-9-26(15)2)11-4-3-5-12(7-11)22-16(27)13-8-14(24-23-13)17(18,19)20/h3-5,7-10H,6H2,1-2H3,(H,22,27)(H,23,24)/t10-/m1/s1. The topological polar surface area (TPSA) is 88.5 Å². The minimum absolute atomic E-state index is 0.104. The largest absolute Gasteiger partial charge is 0.432 e. The van der Waals surface area contributed by atoms with Crippen LogP contribution in [-0.4, -0.2) is 30.9 Å². The van der Waals surface area contributed by atoms with E-state index in [1.807, 2.05) is 29.7 Å². The Hall–Kier alpha value is -3.17. The third kappa shape index (κ3) is 4.33. The molecule has 0 radical (unpaired) electrons. The Kier molecular flexibility index (Phi) is 4.98. The molecule has 7 nitrogen and oxygen atoms in total. The fraction of sp³-hybridized carbons (Fsp3) is 0.294. The molecule has 0 aliphatic heterocycles. The minimum atomic E-state index is -4.58. The molecule has 10 heteroatoms. The molecule has 27 heavy (non-hydrogen) atoms. The van der Waals surface area contributed by atoms with Gasteiger partial charge in [-0.3, -0.25) is 9.89 Å². The van der Waals surface area contributed by atoms with E-state index in [0.717, 1.165) is 11.4 Å². The molecular formula is C17H17F3N6O. The Balaban J connectivity index is 1.71. The Bertz CT molecular complexity index is 946. The van der Waals surface area contributed by atoms with Crippen molar-refractivity contribution in [3.63, 3.8) is 0 Å². The van der Waals surface area contributed by atoms with E-state index in [-0.39, 0.29) is 11.6 Å². The summed E-state index contributed by atoms with van der Waals surface area (Å²) in [5, 5.41) is 15.7. The van der Waals surface area contributed by atoms with Gasteiger partial charge in [0.05, 0.1) is 0 Å². The number of benzene rings is 1. The molecule has 2 aromatic heterocycles. The smallest absolute Gasteiger partial charge is 0.321 e. The van der Waals surface area contributed by atoms with E-state index in [1.165, 1.54) is 0 Å². The lowest BCUT2D eigenvalue weighted by atomic mass is 9.97. The molecule has 1 aromatic carbocycles. The average molecular weight is 378 g/mol. The summed E-state index contributed by atoms with van der Waals surface area (Å²) in [7, 11) is 1.86. The van der Waals surface area contributed by atoms with E-state index in [9.17, 15) is 18.0 Å². The van der Waals surface area contributed by atoms with E-state index >= 15 is 0 Å². The zero-order valence-corrected chi connectivity index (χ0v) is 14.6. The van der Waals surface area contributed by atoms with Crippen molar-refractivity contribution < 1.29 is 18.0 Å². The van der Waals surface area contributed by atoms with Gasteiger partial charge in [0.1, 0.15) is 17.8 Å². The molecule has 0 aliphatic carbocycles. The predicted octanol–water partition coefficient (Wildman–Crippen LogP) is 3.16. The maximum atomic E-state index is 12.6. The Morgan fingerprint density at radius 2 is 2.11 bits per heavy atom. The number of rotatable bonds is 5. The highest BCUT2D eigenvalue weighted by Gasteiger charge is 2.33. The lowest BCUT2D eigenvalue weighted by Crippen LogP contribution is -2.13. The highest BCUT2D eigenvalue weighted by molar-refractivity contribution is 6.02. The van der Waals surface area contributed by atoms with Crippen molar-refractivity contribution in [3.8, 4) is 0 Å². The minimum Gasteiger partial charge on any atom is -0.321 e. The number of alkyl halides is 3. The third-order valence-corrected chi connectivity index (χ3v) is 4.12. The summed E-state index contributed by atoms with van der Waals surface area (Å²) in [6.07, 6.45) is -2.30. The van der Waals surface area contributed by atoms with Crippen LogP contribution in [-0.2, 0) is 19.6 Å². The van der Waals surface area contributed by atoms with Crippen LogP contribution in [0.15, 0.2) is 36.7 Å². The van der Waals surface area contributed by atoms with E-state index in [4.69, 9.17) is 0 Å². The first kappa shape index (κ1) is 18.6. The predicted molar refractivity (Wildman–Crippen MR) is 91.1 cm³/mol. The van der Waals surface area contributed by atoms with E-state index in [1.54, 1.807) is 24.5 Å². The molecule has 0 aliphatic rings. The molecular weight excluding hydrogens is 361 g/mol. The van der Waals surface area contributed by atoms with Gasteiger partial charge in [-0.15, -0.1) is 10.2 Å². The van der Waals surface area contributed by atoms with Crippen molar-refractivity contribution in [1.82, 2.24) is 25.0 Å². The molecule has 0 saturated heterocycles. The normalized spacial score (nSPS) is 12.8. The molecule has 0 spiro atoms. The first-order valence-electron chi connectivity index (χ1n) is 8.11. The molecule has 0 bridgehead atoms. The van der Waals surface area contributed by atoms with Crippen LogP contribution in [0.3, 0.4) is 0 Å². The van der Waals surface area contributed by atoms with Crippen molar-refractivity contribution in [2.45, 2.75) is 25.4 Å². The first-order chi connectivity index (χ1) is 12.7. The lowest BCUT2D eigenvalue weighted by Gasteiger charge is -2.13. The van der Waals surface area contributed by atoms with Crippen LogP contribution < -0.4 is 5.32 Å². The molecule has 0 fully saturated rings. The molecule has 3 rings (SSSR count). The molecule has 2 N–H and O–H groups in total. The second-order valence-corrected chi connectivity index (χ2v) is 6.21. The quantitative estimate of drug-likeness (QED) is 0.714. The number of carbonyl (C=O) groups is 1. The number of aryl methyl sites for hydroxylation is 1. The number of carbonyl (C=O) groups excluding carboxylic acids is 1. The SMILES string of the molecule is C[C@H](Cc1nncn1C)c1cccc(NC(=O)c2cc(C(F)(F)F)[nH]n2)c1. The summed E-state index contributed by atoms with van der Waals surface area (Å²) in [5.41, 5.74) is 0.0197. The number of anilines is 1. The fourth-order valence-electron chi connectivity index (χ4n) is 2.58. The number of aromatic nitrogens is 5. The molecule has 2 heterocycles. The van der Waals surface area contributed by atoms with Gasteiger partial charge in [-0.25, -0.2) is 0 Å². The summed E-state index contributed by atoms with van der Waals surface area (Å²) in [6.45, 7) is 2.01. The number of hydrogen-bond acceptors (Lipinski definition) is 4. The van der Waals surface area contributed by atoms with Gasteiger partial charge in [0, 0.05) is 25.2 Å². The summed E-state index contributed by atoms with van der Waals surface area (Å²) in [6, 6.07) is 7.79. The number of nitrogens with one attached hydrogen (secondary N) is 2. The summed E-state index contributed by atoms with van der Waals surface area (Å²) in [5.74, 6) is 0.208. The van der Waals surface area contributed by atoms with Crippen LogP contribution in [0.4, 0.5) is 18.9 Å². The zero-order chi connectivity index (χ0) is 19.6. The number of hydrogen-bond donors (Lipinski definition) is 2. The monoisotopic (exact) mass is 378 g/mol. The maximum Gasteiger partial charge on any atom is 0.432 e. The van der Waals surface area contributed by atoms with Crippen molar-refractivity contribution in [2.24, 2.45) is 7.05 Å². The molecule has 0 saturated carbocycles. The van der Waals surface area contributed by atoms with Gasteiger partial charge in [0.25, 0.3) is 5.91 Å². The summed E-state index contributed by atoms with van der Waals surface area (Å²) < 4.78 is 39.6. The molecule has 0 unspecified atom stereocenters. The van der Waals surface area contributed by atoms with Crippen LogP contribution in [0.1, 0.15) is 40.4 Å². The number of amides is 1. The van der Waals surface area contributed by atoms with Gasteiger partial charge in [0.15, 0.2) is 5.69 Å². The Morgan fingerprint density at radius 3 is 2.74 bits per heavy atom. The number of nitrogens with zero attached hydrogens (tertiary/aromatic N) is 4. The van der Waals surface area contributed by atoms with Gasteiger partial charge < -0.3 is 9.88 Å². The summed E-state index contributed by atoms with van der Waals surface area (Å²) in [4.78, 5) is 12.2. The maximum absolute atomic E-state index is 12.6. The molecule has 142 valence electrons. The van der Waals surface area contributed by atoms with Gasteiger partial charge in [-0.2, -0.15) is 18.3 Å². The van der Waals surface area contributed by atoms with Crippen LogP contribution in [0.2, 0.25) is 0 Å². The number of halogens is 3. The lowest BCUT2D eigenvalue weighted by molar-refractivity contribution is -0.141. The highest BCUT2D eigenvalue weighted by atomic mass is 19.4. The van der Waals surface area contributed by atoms with Crippen molar-refractivity contribution in [1.29, 1.82) is 0 Å². The fourth-order valence-corrected chi connectivity index (χ4v) is 2.58. The highest BCUT2D eigenvalue weighted by Crippen LogP contribution is 2.28. The van der Waals surface area contributed by atoms with Gasteiger partial charge in [-0.05, 0) is 23.6 Å². The van der Waals surface area contributed by atoms with Crippen molar-refractivity contribution in [2.75, 3.05) is 5.32 Å². The van der Waals surface area contributed by atoms with Crippen LogP contribution in [0.5, 0.6) is 0 Å². The molecule has 1 atom stereocenters. The number of aromatic amines is 1. The van der Waals surface area contributed by atoms with Crippen LogP contribution in [0, 0.1) is 0 Å². The number of H-pyrrole nitrogens is 1. The van der Waals surface area contributed by atoms with Crippen LogP contribution in [0.25, 0.3) is 0 Å². The molecule has 3 aromatic rings. The van der Waals surface area contributed by atoms with Gasteiger partial charge in [-0.1, -0.05) is 19.1 Å². The second kappa shape index (κ2) is 7.22.